The third-order valence-electron chi connectivity index (χ3n) is 4.01. The maximum absolute atomic E-state index is 11.0. The highest BCUT2D eigenvalue weighted by molar-refractivity contribution is 6.36. The van der Waals surface area contributed by atoms with Gasteiger partial charge in [-0.05, 0) is 31.0 Å². The Labute approximate surface area is 149 Å². The van der Waals surface area contributed by atoms with Gasteiger partial charge < -0.3 is 15.3 Å². The van der Waals surface area contributed by atoms with E-state index in [1.54, 1.807) is 18.2 Å². The summed E-state index contributed by atoms with van der Waals surface area (Å²) in [5.74, 6) is 0.386. The Morgan fingerprint density at radius 1 is 1.21 bits per heavy atom. The fourth-order valence-electron chi connectivity index (χ4n) is 2.67. The van der Waals surface area contributed by atoms with Gasteiger partial charge in [0.2, 0.25) is 0 Å². The molecule has 0 amide bonds. The van der Waals surface area contributed by atoms with Gasteiger partial charge in [-0.2, -0.15) is 0 Å². The Hall–Kier alpha value is -2.05. The smallest absolute Gasteiger partial charge is 0.306 e. The van der Waals surface area contributed by atoms with Gasteiger partial charge in [0.1, 0.15) is 18.0 Å². The summed E-state index contributed by atoms with van der Waals surface area (Å²) in [6, 6.07) is 7.01. The molecule has 0 aliphatic carbocycles. The SMILES string of the molecule is O=C(O)C1CCN(c2cc(Nc3ccc(Cl)cc3Cl)ncn2)CC1. The molecule has 0 radical (unpaired) electrons. The van der Waals surface area contributed by atoms with Crippen molar-refractivity contribution in [2.24, 2.45) is 5.92 Å². The number of carboxylic acids is 1. The molecule has 2 heterocycles. The monoisotopic (exact) mass is 366 g/mol. The van der Waals surface area contributed by atoms with Gasteiger partial charge in [0.25, 0.3) is 0 Å². The number of halogens is 2. The number of nitrogens with zero attached hydrogens (tertiary/aromatic N) is 3. The fourth-order valence-corrected chi connectivity index (χ4v) is 3.13. The molecule has 1 fully saturated rings. The second-order valence-corrected chi connectivity index (χ2v) is 6.45. The van der Waals surface area contributed by atoms with Crippen molar-refractivity contribution in [2.75, 3.05) is 23.3 Å². The average Bonchev–Trinajstić information content (AvgIpc) is 2.58. The van der Waals surface area contributed by atoms with Crippen LogP contribution in [0.2, 0.25) is 10.0 Å². The minimum Gasteiger partial charge on any atom is -0.481 e. The third kappa shape index (κ3) is 3.88. The minimum atomic E-state index is -0.725. The van der Waals surface area contributed by atoms with E-state index in [1.807, 2.05) is 6.07 Å². The van der Waals surface area contributed by atoms with Gasteiger partial charge in [-0.3, -0.25) is 4.79 Å². The summed E-state index contributed by atoms with van der Waals surface area (Å²) in [6.45, 7) is 1.32. The first-order chi connectivity index (χ1) is 11.5. The quantitative estimate of drug-likeness (QED) is 0.855. The van der Waals surface area contributed by atoms with E-state index in [2.05, 4.69) is 20.2 Å². The number of rotatable bonds is 4. The van der Waals surface area contributed by atoms with Crippen molar-refractivity contribution in [1.29, 1.82) is 0 Å². The number of hydrogen-bond donors (Lipinski definition) is 2. The van der Waals surface area contributed by atoms with E-state index in [0.29, 0.717) is 47.5 Å². The van der Waals surface area contributed by atoms with Crippen LogP contribution in [-0.2, 0) is 4.79 Å². The largest absolute Gasteiger partial charge is 0.481 e. The standard InChI is InChI=1S/C16H16Cl2N4O2/c17-11-1-2-13(12(18)7-11)21-14-8-15(20-9-19-14)22-5-3-10(4-6-22)16(23)24/h1-2,7-10H,3-6H2,(H,23,24)(H,19,20,21). The van der Waals surface area contributed by atoms with Crippen LogP contribution in [-0.4, -0.2) is 34.1 Å². The van der Waals surface area contributed by atoms with E-state index < -0.39 is 5.97 Å². The van der Waals surface area contributed by atoms with E-state index in [0.717, 1.165) is 5.82 Å². The molecule has 2 aromatic rings. The van der Waals surface area contributed by atoms with Crippen LogP contribution < -0.4 is 10.2 Å². The molecule has 126 valence electrons. The fraction of sp³-hybridized carbons (Fsp3) is 0.312. The van der Waals surface area contributed by atoms with E-state index >= 15 is 0 Å². The maximum Gasteiger partial charge on any atom is 0.306 e. The van der Waals surface area contributed by atoms with Crippen molar-refractivity contribution in [3.63, 3.8) is 0 Å². The van der Waals surface area contributed by atoms with Crippen molar-refractivity contribution in [2.45, 2.75) is 12.8 Å². The van der Waals surface area contributed by atoms with Crippen LogP contribution in [0, 0.1) is 5.92 Å². The average molecular weight is 367 g/mol. The van der Waals surface area contributed by atoms with E-state index in [-0.39, 0.29) is 5.92 Å². The van der Waals surface area contributed by atoms with Crippen LogP contribution in [0.3, 0.4) is 0 Å². The zero-order valence-corrected chi connectivity index (χ0v) is 14.3. The number of hydrogen-bond acceptors (Lipinski definition) is 5. The summed E-state index contributed by atoms with van der Waals surface area (Å²) in [7, 11) is 0. The molecule has 0 atom stereocenters. The van der Waals surface area contributed by atoms with E-state index in [4.69, 9.17) is 28.3 Å². The molecule has 0 bridgehead atoms. The predicted molar refractivity (Wildman–Crippen MR) is 94.3 cm³/mol. The Bertz CT molecular complexity index is 749. The van der Waals surface area contributed by atoms with Gasteiger partial charge in [0.05, 0.1) is 16.6 Å². The zero-order valence-electron chi connectivity index (χ0n) is 12.7. The van der Waals surface area contributed by atoms with Crippen molar-refractivity contribution in [3.8, 4) is 0 Å². The van der Waals surface area contributed by atoms with Crippen LogP contribution in [0.4, 0.5) is 17.3 Å². The third-order valence-corrected chi connectivity index (χ3v) is 4.56. The summed E-state index contributed by atoms with van der Waals surface area (Å²) in [4.78, 5) is 21.6. The van der Waals surface area contributed by atoms with Crippen LogP contribution in [0.5, 0.6) is 0 Å². The summed E-state index contributed by atoms with van der Waals surface area (Å²) >= 11 is 12.1. The molecule has 3 rings (SSSR count). The number of carbonyl (C=O) groups is 1. The number of carboxylic acid groups (broad SMARTS) is 1. The van der Waals surface area contributed by atoms with Crippen molar-refractivity contribution in [3.05, 3.63) is 40.6 Å². The molecular weight excluding hydrogens is 351 g/mol. The Morgan fingerprint density at radius 2 is 1.96 bits per heavy atom. The first-order valence-electron chi connectivity index (χ1n) is 7.55. The Balaban J connectivity index is 1.71. The second kappa shape index (κ2) is 7.23. The van der Waals surface area contributed by atoms with Gasteiger partial charge in [0, 0.05) is 24.2 Å². The van der Waals surface area contributed by atoms with Crippen LogP contribution >= 0.6 is 23.2 Å². The Morgan fingerprint density at radius 3 is 2.62 bits per heavy atom. The molecule has 8 heteroatoms. The molecule has 1 aromatic heterocycles. The van der Waals surface area contributed by atoms with Crippen LogP contribution in [0.1, 0.15) is 12.8 Å². The molecular formula is C16H16Cl2N4O2. The number of piperidine rings is 1. The molecule has 1 aliphatic rings. The maximum atomic E-state index is 11.0. The normalized spacial score (nSPS) is 15.3. The minimum absolute atomic E-state index is 0.270. The van der Waals surface area contributed by atoms with E-state index in [9.17, 15) is 4.79 Å². The predicted octanol–water partition coefficient (Wildman–Crippen LogP) is 3.83. The lowest BCUT2D eigenvalue weighted by molar-refractivity contribution is -0.142. The topological polar surface area (TPSA) is 78.4 Å². The number of anilines is 3. The van der Waals surface area contributed by atoms with Gasteiger partial charge in [-0.15, -0.1) is 0 Å². The van der Waals surface area contributed by atoms with E-state index in [1.165, 1.54) is 6.33 Å². The highest BCUT2D eigenvalue weighted by atomic mass is 35.5. The first-order valence-corrected chi connectivity index (χ1v) is 8.30. The van der Waals surface area contributed by atoms with Crippen molar-refractivity contribution in [1.82, 2.24) is 9.97 Å². The van der Waals surface area contributed by atoms with Crippen LogP contribution in [0.25, 0.3) is 0 Å². The molecule has 1 aliphatic heterocycles. The molecule has 24 heavy (non-hydrogen) atoms. The zero-order chi connectivity index (χ0) is 17.1. The molecule has 1 saturated heterocycles. The van der Waals surface area contributed by atoms with Gasteiger partial charge >= 0.3 is 5.97 Å². The lowest BCUT2D eigenvalue weighted by Crippen LogP contribution is -2.36. The van der Waals surface area contributed by atoms with Gasteiger partial charge in [-0.1, -0.05) is 23.2 Å². The number of benzene rings is 1. The lowest BCUT2D eigenvalue weighted by atomic mass is 9.97. The molecule has 2 N–H and O–H groups in total. The highest BCUT2D eigenvalue weighted by Crippen LogP contribution is 2.29. The van der Waals surface area contributed by atoms with Crippen molar-refractivity contribution < 1.29 is 9.90 Å². The molecule has 0 saturated carbocycles. The first kappa shape index (κ1) is 16.8. The second-order valence-electron chi connectivity index (χ2n) is 5.61. The highest BCUT2D eigenvalue weighted by Gasteiger charge is 2.25. The molecule has 0 unspecified atom stereocenters. The van der Waals surface area contributed by atoms with Gasteiger partial charge in [-0.25, -0.2) is 9.97 Å². The molecule has 6 nitrogen and oxygen atoms in total. The van der Waals surface area contributed by atoms with Crippen molar-refractivity contribution >= 4 is 46.5 Å². The Kier molecular flexibility index (Phi) is 5.06. The lowest BCUT2D eigenvalue weighted by Gasteiger charge is -2.31. The molecule has 0 spiro atoms. The molecule has 1 aromatic carbocycles. The number of nitrogens with one attached hydrogen (secondary N) is 1. The summed E-state index contributed by atoms with van der Waals surface area (Å²) in [5, 5.41) is 13.3. The summed E-state index contributed by atoms with van der Waals surface area (Å²) in [5.41, 5.74) is 0.704. The van der Waals surface area contributed by atoms with Gasteiger partial charge in [0.15, 0.2) is 0 Å². The summed E-state index contributed by atoms with van der Waals surface area (Å²) < 4.78 is 0. The van der Waals surface area contributed by atoms with Crippen LogP contribution in [0.15, 0.2) is 30.6 Å². The number of aromatic nitrogens is 2. The summed E-state index contributed by atoms with van der Waals surface area (Å²) in [6.07, 6.45) is 2.71. The number of aliphatic carboxylic acids is 1.